The van der Waals surface area contributed by atoms with Crippen LogP contribution in [0.25, 0.3) is 6.08 Å². The predicted molar refractivity (Wildman–Crippen MR) is 62.5 cm³/mol. The molecule has 0 saturated heterocycles. The topological polar surface area (TPSA) is 52.3 Å². The molecule has 0 bridgehead atoms. The van der Waals surface area contributed by atoms with E-state index in [1.807, 2.05) is 42.5 Å². The van der Waals surface area contributed by atoms with Gasteiger partial charge >= 0.3 is 0 Å². The molecule has 0 aromatic heterocycles. The first-order chi connectivity index (χ1) is 7.77. The molecule has 2 N–H and O–H groups in total. The molecule has 1 amide bonds. The number of nitrogens with two attached hydrogens (primary N) is 1. The van der Waals surface area contributed by atoms with E-state index >= 15 is 0 Å². The summed E-state index contributed by atoms with van der Waals surface area (Å²) in [6, 6.07) is 9.84. The summed E-state index contributed by atoms with van der Waals surface area (Å²) >= 11 is 0. The fourth-order valence-corrected chi connectivity index (χ4v) is 1.61. The van der Waals surface area contributed by atoms with E-state index in [0.717, 1.165) is 5.56 Å². The molecule has 1 aliphatic heterocycles. The third-order valence-corrected chi connectivity index (χ3v) is 2.43. The molecule has 16 heavy (non-hydrogen) atoms. The van der Waals surface area contributed by atoms with E-state index < -0.39 is 5.91 Å². The highest BCUT2D eigenvalue weighted by atomic mass is 16.5. The Kier molecular flexibility index (Phi) is 3.17. The Morgan fingerprint density at radius 3 is 2.81 bits per heavy atom. The minimum absolute atomic E-state index is 0.308. The molecule has 0 fully saturated rings. The summed E-state index contributed by atoms with van der Waals surface area (Å²) in [6.07, 6.45) is 5.19. The van der Waals surface area contributed by atoms with Gasteiger partial charge in [0.05, 0.1) is 6.61 Å². The Bertz CT molecular complexity index is 435. The molecule has 1 unspecified atom stereocenters. The molecule has 0 spiro atoms. The number of benzene rings is 1. The Morgan fingerprint density at radius 1 is 1.38 bits per heavy atom. The summed E-state index contributed by atoms with van der Waals surface area (Å²) < 4.78 is 5.37. The number of carbonyl (C=O) groups is 1. The van der Waals surface area contributed by atoms with Crippen molar-refractivity contribution < 1.29 is 9.53 Å². The molecular weight excluding hydrogens is 202 g/mol. The summed E-state index contributed by atoms with van der Waals surface area (Å²) in [7, 11) is 0. The van der Waals surface area contributed by atoms with Crippen molar-refractivity contribution in [2.45, 2.75) is 6.10 Å². The van der Waals surface area contributed by atoms with E-state index in [4.69, 9.17) is 10.5 Å². The Morgan fingerprint density at radius 2 is 2.12 bits per heavy atom. The summed E-state index contributed by atoms with van der Waals surface area (Å²) in [5.74, 6) is -0.416. The molecule has 82 valence electrons. The van der Waals surface area contributed by atoms with Gasteiger partial charge in [0.1, 0.15) is 6.10 Å². The Balaban J connectivity index is 2.08. The number of hydrogen-bond donors (Lipinski definition) is 1. The maximum atomic E-state index is 11.1. The van der Waals surface area contributed by atoms with E-state index in [0.29, 0.717) is 12.2 Å². The van der Waals surface area contributed by atoms with Gasteiger partial charge < -0.3 is 10.5 Å². The molecule has 0 aliphatic carbocycles. The maximum absolute atomic E-state index is 11.1. The van der Waals surface area contributed by atoms with Gasteiger partial charge in [0.2, 0.25) is 5.91 Å². The zero-order valence-electron chi connectivity index (χ0n) is 8.80. The molecule has 1 heterocycles. The van der Waals surface area contributed by atoms with Crippen molar-refractivity contribution >= 4 is 12.0 Å². The minimum atomic E-state index is -0.416. The second kappa shape index (κ2) is 4.77. The van der Waals surface area contributed by atoms with E-state index in [9.17, 15) is 4.79 Å². The molecule has 0 radical (unpaired) electrons. The highest BCUT2D eigenvalue weighted by molar-refractivity contribution is 5.94. The van der Waals surface area contributed by atoms with E-state index in [1.165, 1.54) is 0 Å². The van der Waals surface area contributed by atoms with E-state index in [-0.39, 0.29) is 6.10 Å². The van der Waals surface area contributed by atoms with Crippen LogP contribution < -0.4 is 5.73 Å². The lowest BCUT2D eigenvalue weighted by Gasteiger charge is -2.06. The first-order valence-corrected chi connectivity index (χ1v) is 5.12. The van der Waals surface area contributed by atoms with Gasteiger partial charge in [-0.05, 0) is 11.6 Å². The third-order valence-electron chi connectivity index (χ3n) is 2.43. The molecule has 2 rings (SSSR count). The average molecular weight is 215 g/mol. The van der Waals surface area contributed by atoms with Crippen LogP contribution in [0, 0.1) is 0 Å². The second-order valence-electron chi connectivity index (χ2n) is 3.55. The normalized spacial score (nSPS) is 20.0. The predicted octanol–water partition coefficient (Wildman–Crippen LogP) is 1.51. The SMILES string of the molecule is NC(=O)C1=CCOC1C=Cc1ccccc1. The van der Waals surface area contributed by atoms with Crippen LogP contribution in [0.3, 0.4) is 0 Å². The van der Waals surface area contributed by atoms with Crippen molar-refractivity contribution in [2.75, 3.05) is 6.61 Å². The smallest absolute Gasteiger partial charge is 0.247 e. The van der Waals surface area contributed by atoms with Crippen LogP contribution in [-0.4, -0.2) is 18.6 Å². The molecule has 1 aromatic rings. The van der Waals surface area contributed by atoms with Crippen LogP contribution in [0.2, 0.25) is 0 Å². The quantitative estimate of drug-likeness (QED) is 0.830. The first kappa shape index (κ1) is 10.6. The van der Waals surface area contributed by atoms with Crippen LogP contribution in [0.1, 0.15) is 5.56 Å². The van der Waals surface area contributed by atoms with Gasteiger partial charge in [-0.15, -0.1) is 0 Å². The van der Waals surface area contributed by atoms with Gasteiger partial charge in [-0.1, -0.05) is 42.5 Å². The van der Waals surface area contributed by atoms with Crippen LogP contribution >= 0.6 is 0 Å². The molecule has 3 nitrogen and oxygen atoms in total. The van der Waals surface area contributed by atoms with Gasteiger partial charge in [-0.25, -0.2) is 0 Å². The number of rotatable bonds is 3. The highest BCUT2D eigenvalue weighted by Crippen LogP contribution is 2.16. The first-order valence-electron chi connectivity index (χ1n) is 5.12. The molecule has 1 aliphatic rings. The second-order valence-corrected chi connectivity index (χ2v) is 3.55. The van der Waals surface area contributed by atoms with E-state index in [1.54, 1.807) is 6.08 Å². The van der Waals surface area contributed by atoms with Gasteiger partial charge in [0, 0.05) is 5.57 Å². The number of primary amides is 1. The third kappa shape index (κ3) is 2.38. The summed E-state index contributed by atoms with van der Waals surface area (Å²) in [4.78, 5) is 11.1. The van der Waals surface area contributed by atoms with Crippen molar-refractivity contribution in [1.82, 2.24) is 0 Å². The summed E-state index contributed by atoms with van der Waals surface area (Å²) in [6.45, 7) is 0.446. The minimum Gasteiger partial charge on any atom is -0.366 e. The maximum Gasteiger partial charge on any atom is 0.247 e. The van der Waals surface area contributed by atoms with Crippen LogP contribution in [0.5, 0.6) is 0 Å². The summed E-state index contributed by atoms with van der Waals surface area (Å²) in [5, 5.41) is 0. The standard InChI is InChI=1S/C13H13NO2/c14-13(15)11-8-9-16-12(11)7-6-10-4-2-1-3-5-10/h1-8,12H,9H2,(H2,14,15). The van der Waals surface area contributed by atoms with Gasteiger partial charge in [-0.2, -0.15) is 0 Å². The Labute approximate surface area is 94.2 Å². The Hall–Kier alpha value is -1.87. The highest BCUT2D eigenvalue weighted by Gasteiger charge is 2.21. The zero-order chi connectivity index (χ0) is 11.4. The van der Waals surface area contributed by atoms with Crippen LogP contribution in [-0.2, 0) is 9.53 Å². The van der Waals surface area contributed by atoms with Crippen LogP contribution in [0.4, 0.5) is 0 Å². The molecule has 3 heteroatoms. The number of ether oxygens (including phenoxy) is 1. The monoisotopic (exact) mass is 215 g/mol. The fourth-order valence-electron chi connectivity index (χ4n) is 1.61. The van der Waals surface area contributed by atoms with Crippen molar-refractivity contribution in [3.8, 4) is 0 Å². The fraction of sp³-hybridized carbons (Fsp3) is 0.154. The number of amides is 1. The van der Waals surface area contributed by atoms with Gasteiger partial charge in [0.25, 0.3) is 0 Å². The average Bonchev–Trinajstić information content (AvgIpc) is 2.76. The van der Waals surface area contributed by atoms with Gasteiger partial charge in [-0.3, -0.25) is 4.79 Å². The van der Waals surface area contributed by atoms with Gasteiger partial charge in [0.15, 0.2) is 0 Å². The van der Waals surface area contributed by atoms with Crippen LogP contribution in [0.15, 0.2) is 48.1 Å². The zero-order valence-corrected chi connectivity index (χ0v) is 8.80. The van der Waals surface area contributed by atoms with Crippen molar-refractivity contribution in [3.63, 3.8) is 0 Å². The van der Waals surface area contributed by atoms with Crippen molar-refractivity contribution in [3.05, 3.63) is 53.6 Å². The lowest BCUT2D eigenvalue weighted by atomic mass is 10.1. The lowest BCUT2D eigenvalue weighted by Crippen LogP contribution is -2.21. The lowest BCUT2D eigenvalue weighted by molar-refractivity contribution is -0.115. The number of carbonyl (C=O) groups excluding carboxylic acids is 1. The summed E-state index contributed by atoms with van der Waals surface area (Å²) in [5.41, 5.74) is 6.84. The van der Waals surface area contributed by atoms with Crippen molar-refractivity contribution in [1.29, 1.82) is 0 Å². The molecule has 1 aromatic carbocycles. The molecular formula is C13H13NO2. The largest absolute Gasteiger partial charge is 0.366 e. The number of hydrogen-bond acceptors (Lipinski definition) is 2. The molecule has 0 saturated carbocycles. The van der Waals surface area contributed by atoms with Crippen molar-refractivity contribution in [2.24, 2.45) is 5.73 Å². The molecule has 1 atom stereocenters. The van der Waals surface area contributed by atoms with E-state index in [2.05, 4.69) is 0 Å².